The summed E-state index contributed by atoms with van der Waals surface area (Å²) in [6.45, 7) is 6.46. The highest BCUT2D eigenvalue weighted by molar-refractivity contribution is 5.77. The van der Waals surface area contributed by atoms with Gasteiger partial charge in [0.2, 0.25) is 5.91 Å². The van der Waals surface area contributed by atoms with E-state index in [1.54, 1.807) is 0 Å². The molecule has 0 aromatic rings. The number of nitrogens with one attached hydrogen (secondary N) is 1. The summed E-state index contributed by atoms with van der Waals surface area (Å²) in [5.41, 5.74) is 0. The molecule has 0 rings (SSSR count). The first-order chi connectivity index (χ1) is 32.5. The van der Waals surface area contributed by atoms with Crippen molar-refractivity contribution in [2.45, 2.75) is 302 Å². The fourth-order valence-electron chi connectivity index (χ4n) is 8.49. The van der Waals surface area contributed by atoms with Crippen LogP contribution in [-0.4, -0.2) is 46.9 Å². The number of esters is 1. The fraction of sp³-hybridized carbons (Fsp3) is 0.800. The predicted molar refractivity (Wildman–Crippen MR) is 287 cm³/mol. The summed E-state index contributed by atoms with van der Waals surface area (Å²) in [5, 5.41) is 23.8. The van der Waals surface area contributed by atoms with Crippen molar-refractivity contribution >= 4 is 11.9 Å². The topological polar surface area (TPSA) is 95.9 Å². The van der Waals surface area contributed by atoms with Gasteiger partial charge in [0.05, 0.1) is 25.2 Å². The first-order valence-corrected chi connectivity index (χ1v) is 28.5. The van der Waals surface area contributed by atoms with Gasteiger partial charge >= 0.3 is 5.97 Å². The molecule has 0 aromatic carbocycles. The summed E-state index contributed by atoms with van der Waals surface area (Å²) < 4.78 is 5.95. The molecule has 66 heavy (non-hydrogen) atoms. The number of carbonyl (C=O) groups is 2. The maximum Gasteiger partial charge on any atom is 0.306 e. The van der Waals surface area contributed by atoms with Gasteiger partial charge in [-0.25, -0.2) is 0 Å². The van der Waals surface area contributed by atoms with Crippen LogP contribution in [0, 0.1) is 0 Å². The quantitative estimate of drug-likeness (QED) is 0.0244. The van der Waals surface area contributed by atoms with Gasteiger partial charge in [-0.3, -0.25) is 9.59 Å². The molecule has 0 saturated heterocycles. The van der Waals surface area contributed by atoms with E-state index in [2.05, 4.69) is 86.8 Å². The summed E-state index contributed by atoms with van der Waals surface area (Å²) in [7, 11) is 0. The SMILES string of the molecule is CCCCC/C=C\C/C=C\C/C=C\CCCCCCC(CC(=O)NC(CO)C(O)CCCCCCCCCCCCCC)OC(=O)CCCCCCC/C=C/C=C/CCCCCCCCC. The summed E-state index contributed by atoms with van der Waals surface area (Å²) in [6, 6.07) is -0.714. The molecular formula is C60H109NO5. The number of hydrogen-bond acceptors (Lipinski definition) is 5. The van der Waals surface area contributed by atoms with Gasteiger partial charge in [0.1, 0.15) is 6.10 Å². The first-order valence-electron chi connectivity index (χ1n) is 28.5. The molecule has 0 saturated carbocycles. The van der Waals surface area contributed by atoms with Crippen molar-refractivity contribution in [2.24, 2.45) is 0 Å². The molecule has 0 radical (unpaired) electrons. The van der Waals surface area contributed by atoms with Gasteiger partial charge in [0.15, 0.2) is 0 Å². The molecular weight excluding hydrogens is 815 g/mol. The van der Waals surface area contributed by atoms with E-state index in [1.807, 2.05) is 0 Å². The van der Waals surface area contributed by atoms with E-state index in [9.17, 15) is 19.8 Å². The van der Waals surface area contributed by atoms with E-state index < -0.39 is 18.2 Å². The third-order valence-electron chi connectivity index (χ3n) is 12.8. The van der Waals surface area contributed by atoms with Crippen LogP contribution in [0.3, 0.4) is 0 Å². The molecule has 0 aliphatic carbocycles. The standard InChI is InChI=1S/C60H109NO5/c1-4-7-10-13-16-19-22-25-27-29-31-33-35-38-41-44-47-50-53-60(65)66-56(51-48-45-42-39-36-34-32-30-28-26-23-20-17-14-11-8-5-2)54-59(64)61-57(55-62)58(63)52-49-46-43-40-37-24-21-18-15-12-9-6-3/h17,20,26-29,31-34,56-58,62-63H,4-16,18-19,21-25,30,35-55H2,1-3H3,(H,61,64)/b20-17-,28-26-,29-27+,33-31+,34-32-. The lowest BCUT2D eigenvalue weighted by Gasteiger charge is -2.24. The summed E-state index contributed by atoms with van der Waals surface area (Å²) >= 11 is 0. The van der Waals surface area contributed by atoms with Crippen LogP contribution in [-0.2, 0) is 14.3 Å². The highest BCUT2D eigenvalue weighted by atomic mass is 16.5. The van der Waals surface area contributed by atoms with Crippen LogP contribution < -0.4 is 5.32 Å². The summed E-state index contributed by atoms with van der Waals surface area (Å²) in [4.78, 5) is 26.3. The van der Waals surface area contributed by atoms with Crippen LogP contribution in [0.5, 0.6) is 0 Å². The molecule has 1 amide bonds. The Balaban J connectivity index is 4.64. The van der Waals surface area contributed by atoms with Gasteiger partial charge in [-0.05, 0) is 89.9 Å². The Bertz CT molecular complexity index is 1170. The lowest BCUT2D eigenvalue weighted by molar-refractivity contribution is -0.151. The van der Waals surface area contributed by atoms with Crippen LogP contribution >= 0.6 is 0 Å². The van der Waals surface area contributed by atoms with Gasteiger partial charge in [0.25, 0.3) is 0 Å². The Labute approximate surface area is 409 Å². The predicted octanol–water partition coefficient (Wildman–Crippen LogP) is 17.6. The highest BCUT2D eigenvalue weighted by Crippen LogP contribution is 2.18. The molecule has 0 aliphatic rings. The Kier molecular flexibility index (Phi) is 51.5. The van der Waals surface area contributed by atoms with Gasteiger partial charge in [-0.15, -0.1) is 0 Å². The average Bonchev–Trinajstić information content (AvgIpc) is 3.31. The minimum absolute atomic E-state index is 0.0559. The number of unbranched alkanes of at least 4 members (excludes halogenated alkanes) is 30. The number of amides is 1. The molecule has 0 heterocycles. The highest BCUT2D eigenvalue weighted by Gasteiger charge is 2.24. The number of aliphatic hydroxyl groups is 2. The smallest absolute Gasteiger partial charge is 0.306 e. The van der Waals surface area contributed by atoms with Gasteiger partial charge in [0, 0.05) is 6.42 Å². The summed E-state index contributed by atoms with van der Waals surface area (Å²) in [5.74, 6) is -0.507. The Morgan fingerprint density at radius 3 is 1.29 bits per heavy atom. The van der Waals surface area contributed by atoms with Gasteiger partial charge < -0.3 is 20.3 Å². The zero-order chi connectivity index (χ0) is 48.1. The molecule has 0 aromatic heterocycles. The Hall–Kier alpha value is -2.44. The minimum atomic E-state index is -0.798. The Morgan fingerprint density at radius 1 is 0.455 bits per heavy atom. The van der Waals surface area contributed by atoms with E-state index in [1.165, 1.54) is 135 Å². The first kappa shape index (κ1) is 63.6. The van der Waals surface area contributed by atoms with Crippen molar-refractivity contribution in [1.82, 2.24) is 5.32 Å². The molecule has 0 aliphatic heterocycles. The molecule has 0 fully saturated rings. The number of ether oxygens (including phenoxy) is 1. The number of carbonyl (C=O) groups excluding carboxylic acids is 2. The fourth-order valence-corrected chi connectivity index (χ4v) is 8.49. The number of hydrogen-bond donors (Lipinski definition) is 3. The van der Waals surface area contributed by atoms with Gasteiger partial charge in [-0.2, -0.15) is 0 Å². The van der Waals surface area contributed by atoms with Crippen molar-refractivity contribution in [3.8, 4) is 0 Å². The van der Waals surface area contributed by atoms with Crippen LogP contribution in [0.4, 0.5) is 0 Å². The van der Waals surface area contributed by atoms with E-state index >= 15 is 0 Å². The minimum Gasteiger partial charge on any atom is -0.462 e. The zero-order valence-corrected chi connectivity index (χ0v) is 43.8. The number of allylic oxidation sites excluding steroid dienone is 10. The van der Waals surface area contributed by atoms with Crippen molar-refractivity contribution in [3.63, 3.8) is 0 Å². The van der Waals surface area contributed by atoms with E-state index in [-0.39, 0.29) is 24.9 Å². The lowest BCUT2D eigenvalue weighted by Crippen LogP contribution is -2.46. The second-order valence-electron chi connectivity index (χ2n) is 19.4. The van der Waals surface area contributed by atoms with E-state index in [0.717, 1.165) is 103 Å². The van der Waals surface area contributed by atoms with Crippen LogP contribution in [0.2, 0.25) is 0 Å². The molecule has 0 spiro atoms. The molecule has 6 nitrogen and oxygen atoms in total. The number of aliphatic hydroxyl groups excluding tert-OH is 2. The van der Waals surface area contributed by atoms with Crippen molar-refractivity contribution in [3.05, 3.63) is 60.8 Å². The third kappa shape index (κ3) is 48.0. The summed E-state index contributed by atoms with van der Waals surface area (Å²) in [6.07, 6.45) is 67.1. The zero-order valence-electron chi connectivity index (χ0n) is 43.8. The van der Waals surface area contributed by atoms with Crippen molar-refractivity contribution in [1.29, 1.82) is 0 Å². The monoisotopic (exact) mass is 924 g/mol. The Morgan fingerprint density at radius 2 is 0.818 bits per heavy atom. The third-order valence-corrected chi connectivity index (χ3v) is 12.8. The van der Waals surface area contributed by atoms with E-state index in [4.69, 9.17) is 4.74 Å². The molecule has 3 atom stereocenters. The second-order valence-corrected chi connectivity index (χ2v) is 19.4. The van der Waals surface area contributed by atoms with Crippen molar-refractivity contribution < 1.29 is 24.5 Å². The molecule has 3 unspecified atom stereocenters. The van der Waals surface area contributed by atoms with Crippen LogP contribution in [0.15, 0.2) is 60.8 Å². The van der Waals surface area contributed by atoms with E-state index in [0.29, 0.717) is 19.3 Å². The maximum atomic E-state index is 13.3. The second kappa shape index (κ2) is 53.5. The van der Waals surface area contributed by atoms with Crippen molar-refractivity contribution in [2.75, 3.05) is 6.61 Å². The molecule has 384 valence electrons. The van der Waals surface area contributed by atoms with Crippen LogP contribution in [0.1, 0.15) is 284 Å². The van der Waals surface area contributed by atoms with Crippen LogP contribution in [0.25, 0.3) is 0 Å². The largest absolute Gasteiger partial charge is 0.462 e. The number of rotatable bonds is 51. The molecule has 3 N–H and O–H groups in total. The van der Waals surface area contributed by atoms with Gasteiger partial charge in [-0.1, -0.05) is 242 Å². The lowest BCUT2D eigenvalue weighted by atomic mass is 10.0. The normalized spacial score (nSPS) is 13.6. The molecule has 0 bridgehead atoms. The average molecular weight is 925 g/mol. The maximum absolute atomic E-state index is 13.3. The molecule has 6 heteroatoms.